The number of hydrogen-bond donors (Lipinski definition) is 1. The maximum Gasteiger partial charge on any atom is 0.288 e. The Morgan fingerprint density at radius 1 is 1.31 bits per heavy atom. The first-order chi connectivity index (χ1) is 18.9. The highest BCUT2D eigenvalue weighted by Gasteiger charge is 2.15. The first-order valence-corrected chi connectivity index (χ1v) is 13.8. The molecule has 1 heterocycles. The van der Waals surface area contributed by atoms with Crippen molar-refractivity contribution in [3.8, 4) is 17.3 Å². The molecule has 0 spiro atoms. The van der Waals surface area contributed by atoms with Gasteiger partial charge in [0, 0.05) is 47.7 Å². The molecular formula is C30H33N5O3S. The Morgan fingerprint density at radius 2 is 2.15 bits per heavy atom. The van der Waals surface area contributed by atoms with Crippen molar-refractivity contribution < 1.29 is 9.59 Å². The molecule has 1 aliphatic rings. The highest BCUT2D eigenvalue weighted by Crippen LogP contribution is 2.30. The minimum Gasteiger partial charge on any atom is -0.352 e. The van der Waals surface area contributed by atoms with Gasteiger partial charge in [0.05, 0.1) is 17.3 Å². The molecule has 1 aromatic heterocycles. The fourth-order valence-corrected chi connectivity index (χ4v) is 4.99. The molecule has 202 valence electrons. The number of nitriles is 1. The van der Waals surface area contributed by atoms with E-state index < -0.39 is 5.91 Å². The van der Waals surface area contributed by atoms with Crippen LogP contribution in [0.4, 0.5) is 5.13 Å². The molecule has 0 fully saturated rings. The van der Waals surface area contributed by atoms with Crippen LogP contribution in [0.2, 0.25) is 0 Å². The summed E-state index contributed by atoms with van der Waals surface area (Å²) in [6.07, 6.45) is 13.3. The summed E-state index contributed by atoms with van der Waals surface area (Å²) in [5.41, 5.74) is 5.19. The van der Waals surface area contributed by atoms with Crippen molar-refractivity contribution in [2.24, 2.45) is 5.18 Å². The van der Waals surface area contributed by atoms with Gasteiger partial charge in [0.2, 0.25) is 5.91 Å². The third-order valence-electron chi connectivity index (χ3n) is 6.41. The van der Waals surface area contributed by atoms with Gasteiger partial charge in [-0.15, -0.1) is 16.2 Å². The molecule has 39 heavy (non-hydrogen) atoms. The Bertz CT molecular complexity index is 1330. The van der Waals surface area contributed by atoms with E-state index in [-0.39, 0.29) is 18.9 Å². The quantitative estimate of drug-likeness (QED) is 0.138. The molecule has 0 bridgehead atoms. The lowest BCUT2D eigenvalue weighted by atomic mass is 9.97. The van der Waals surface area contributed by atoms with Gasteiger partial charge in [-0.1, -0.05) is 48.6 Å². The average Bonchev–Trinajstić information content (AvgIpc) is 3.47. The second-order valence-electron chi connectivity index (χ2n) is 9.27. The van der Waals surface area contributed by atoms with E-state index in [1.165, 1.54) is 18.4 Å². The summed E-state index contributed by atoms with van der Waals surface area (Å²) in [4.78, 5) is 40.6. The molecule has 1 aromatic carbocycles. The number of aromatic nitrogens is 1. The van der Waals surface area contributed by atoms with Crippen molar-refractivity contribution in [3.63, 3.8) is 0 Å². The van der Waals surface area contributed by atoms with E-state index in [0.717, 1.165) is 47.8 Å². The summed E-state index contributed by atoms with van der Waals surface area (Å²) in [6.45, 7) is 7.07. The summed E-state index contributed by atoms with van der Waals surface area (Å²) in [6, 6.07) is 9.62. The van der Waals surface area contributed by atoms with Gasteiger partial charge in [-0.25, -0.2) is 4.98 Å². The number of nitrogens with one attached hydrogen (secondary N) is 1. The lowest BCUT2D eigenvalue weighted by Crippen LogP contribution is -2.27. The summed E-state index contributed by atoms with van der Waals surface area (Å²) in [7, 11) is 0. The van der Waals surface area contributed by atoms with Crippen LogP contribution in [0.3, 0.4) is 0 Å². The van der Waals surface area contributed by atoms with E-state index in [0.29, 0.717) is 17.7 Å². The lowest BCUT2D eigenvalue weighted by Gasteiger charge is -2.24. The molecule has 2 aromatic rings. The SMILES string of the molecule is C=C/C(=C\C=C(/C)C(=O)NCCC(=O)N=O)CN(CCC1=CCCCC1)c1nc(-c2cccc(C#N)c2)cs1. The van der Waals surface area contributed by atoms with Gasteiger partial charge in [0.15, 0.2) is 5.13 Å². The van der Waals surface area contributed by atoms with Gasteiger partial charge in [-0.3, -0.25) is 9.59 Å². The van der Waals surface area contributed by atoms with E-state index in [1.54, 1.807) is 36.5 Å². The largest absolute Gasteiger partial charge is 0.352 e. The molecule has 9 heteroatoms. The molecule has 2 amide bonds. The van der Waals surface area contributed by atoms with Crippen molar-refractivity contribution in [2.75, 3.05) is 24.5 Å². The Kier molecular flexibility index (Phi) is 11.5. The number of carbonyl (C=O) groups is 2. The Hall–Kier alpha value is -4.16. The Labute approximate surface area is 233 Å². The number of nitrogens with zero attached hydrogens (tertiary/aromatic N) is 4. The third-order valence-corrected chi connectivity index (χ3v) is 7.31. The fraction of sp³-hybridized carbons (Fsp3) is 0.333. The van der Waals surface area contributed by atoms with Gasteiger partial charge in [0.1, 0.15) is 0 Å². The molecule has 0 radical (unpaired) electrons. The molecular weight excluding hydrogens is 510 g/mol. The summed E-state index contributed by atoms with van der Waals surface area (Å²) in [5.74, 6) is -1.11. The van der Waals surface area contributed by atoms with Gasteiger partial charge in [-0.05, 0) is 56.7 Å². The molecule has 1 N–H and O–H groups in total. The number of hydrogen-bond acceptors (Lipinski definition) is 7. The van der Waals surface area contributed by atoms with Gasteiger partial charge < -0.3 is 10.2 Å². The fourth-order valence-electron chi connectivity index (χ4n) is 4.12. The second-order valence-corrected chi connectivity index (χ2v) is 10.1. The molecule has 0 atom stereocenters. The molecule has 8 nitrogen and oxygen atoms in total. The number of allylic oxidation sites excluding steroid dienone is 3. The maximum atomic E-state index is 12.3. The van der Waals surface area contributed by atoms with Crippen LogP contribution in [-0.4, -0.2) is 36.4 Å². The molecule has 3 rings (SSSR count). The molecule has 1 aliphatic carbocycles. The zero-order chi connectivity index (χ0) is 28.0. The predicted molar refractivity (Wildman–Crippen MR) is 156 cm³/mol. The highest BCUT2D eigenvalue weighted by molar-refractivity contribution is 7.14. The van der Waals surface area contributed by atoms with Crippen molar-refractivity contribution in [2.45, 2.75) is 45.4 Å². The smallest absolute Gasteiger partial charge is 0.288 e. The lowest BCUT2D eigenvalue weighted by molar-refractivity contribution is -0.118. The average molecular weight is 544 g/mol. The third kappa shape index (κ3) is 9.27. The number of rotatable bonds is 13. The topological polar surface area (TPSA) is 116 Å². The highest BCUT2D eigenvalue weighted by atomic mass is 32.1. The van der Waals surface area contributed by atoms with E-state index in [1.807, 2.05) is 29.7 Å². The Morgan fingerprint density at radius 3 is 2.87 bits per heavy atom. The van der Waals surface area contributed by atoms with Crippen LogP contribution in [0.15, 0.2) is 82.4 Å². The zero-order valence-corrected chi connectivity index (χ0v) is 23.0. The monoisotopic (exact) mass is 543 g/mol. The van der Waals surface area contributed by atoms with E-state index in [4.69, 9.17) is 4.98 Å². The first kappa shape index (κ1) is 29.4. The van der Waals surface area contributed by atoms with Gasteiger partial charge in [0.25, 0.3) is 5.91 Å². The Balaban J connectivity index is 1.77. The van der Waals surface area contributed by atoms with E-state index in [9.17, 15) is 19.8 Å². The minimum absolute atomic E-state index is 0.0555. The van der Waals surface area contributed by atoms with Crippen molar-refractivity contribution >= 4 is 28.3 Å². The number of benzene rings is 1. The van der Waals surface area contributed by atoms with Crippen LogP contribution in [0.25, 0.3) is 11.3 Å². The van der Waals surface area contributed by atoms with Crippen molar-refractivity contribution in [1.29, 1.82) is 5.26 Å². The maximum absolute atomic E-state index is 12.3. The molecule has 0 unspecified atom stereocenters. The summed E-state index contributed by atoms with van der Waals surface area (Å²) >= 11 is 1.56. The minimum atomic E-state index is -0.794. The molecule has 0 saturated carbocycles. The van der Waals surface area contributed by atoms with E-state index >= 15 is 0 Å². The number of anilines is 1. The normalized spacial score (nSPS) is 13.7. The number of amides is 2. The molecule has 0 saturated heterocycles. The summed E-state index contributed by atoms with van der Waals surface area (Å²) < 4.78 is 0. The van der Waals surface area contributed by atoms with E-state index in [2.05, 4.69) is 34.1 Å². The number of thiazole rings is 1. The standard InChI is InChI=1S/C30H33N5O3S/c1-3-23(13-12-22(2)29(37)32-16-14-28(36)34-38)20-35(17-15-24-8-5-4-6-9-24)30-33-27(21-39-30)26-11-7-10-25(18-26)19-31/h3,7-8,10-13,18,21H,1,4-6,9,14-17,20H2,2H3,(H,32,37)/b22-12+,23-13+. The molecule has 0 aliphatic heterocycles. The number of carbonyl (C=O) groups excluding carboxylic acids is 2. The van der Waals surface area contributed by atoms with Crippen LogP contribution < -0.4 is 10.2 Å². The van der Waals surface area contributed by atoms with Crippen molar-refractivity contribution in [3.05, 3.63) is 87.7 Å². The van der Waals surface area contributed by atoms with Crippen molar-refractivity contribution in [1.82, 2.24) is 10.3 Å². The van der Waals surface area contributed by atoms with Crippen LogP contribution in [0.5, 0.6) is 0 Å². The van der Waals surface area contributed by atoms with Crippen LogP contribution in [-0.2, 0) is 9.59 Å². The number of nitroso groups, excluding NO2 is 1. The zero-order valence-electron chi connectivity index (χ0n) is 22.2. The van der Waals surface area contributed by atoms with Gasteiger partial charge >= 0.3 is 0 Å². The first-order valence-electron chi connectivity index (χ1n) is 13.0. The van der Waals surface area contributed by atoms with Gasteiger partial charge in [-0.2, -0.15) is 5.26 Å². The van der Waals surface area contributed by atoms with Crippen LogP contribution in [0.1, 0.15) is 51.0 Å². The second kappa shape index (κ2) is 15.3. The summed E-state index contributed by atoms with van der Waals surface area (Å²) in [5, 5.41) is 17.1. The van der Waals surface area contributed by atoms with Crippen LogP contribution in [0, 0.1) is 16.2 Å². The predicted octanol–water partition coefficient (Wildman–Crippen LogP) is 6.24. The van der Waals surface area contributed by atoms with Crippen LogP contribution >= 0.6 is 11.3 Å².